The number of carbonyl (C=O) groups excluding carboxylic acids is 4. The van der Waals surface area contributed by atoms with Gasteiger partial charge in [-0.2, -0.15) is 0 Å². The van der Waals surface area contributed by atoms with Crippen LogP contribution in [0.3, 0.4) is 0 Å². The number of benzene rings is 2. The molecule has 0 saturated carbocycles. The second-order valence-electron chi connectivity index (χ2n) is 4.64. The summed E-state index contributed by atoms with van der Waals surface area (Å²) in [5.74, 6) is -2.09. The number of imide groups is 2. The number of hydrogen-bond donors (Lipinski definition) is 2. The molecular weight excluding hydrogens is 306 g/mol. The van der Waals surface area contributed by atoms with E-state index in [1.54, 1.807) is 0 Å². The minimum atomic E-state index is -0.523. The Bertz CT molecular complexity index is 753. The SMILES string of the molecule is O=C1NC(=O)c2ccc3c4c(ccc1c24)C(=O)NC3=O.[NaH].[NaH]. The summed E-state index contributed by atoms with van der Waals surface area (Å²) in [7, 11) is 0. The van der Waals surface area contributed by atoms with Crippen LogP contribution in [0.4, 0.5) is 0 Å². The third-order valence-corrected chi connectivity index (χ3v) is 3.59. The molecule has 100 valence electrons. The molecule has 0 fully saturated rings. The minimum absolute atomic E-state index is 0. The Morgan fingerprint density at radius 3 is 0.955 bits per heavy atom. The van der Waals surface area contributed by atoms with E-state index in [0.717, 1.165) is 0 Å². The zero-order valence-electron chi connectivity index (χ0n) is 9.94. The van der Waals surface area contributed by atoms with Crippen LogP contribution in [0, 0.1) is 0 Å². The van der Waals surface area contributed by atoms with E-state index < -0.39 is 23.6 Å². The fourth-order valence-electron chi connectivity index (χ4n) is 2.73. The Morgan fingerprint density at radius 2 is 0.727 bits per heavy atom. The first-order valence-electron chi connectivity index (χ1n) is 5.89. The molecule has 0 radical (unpaired) electrons. The topological polar surface area (TPSA) is 92.3 Å². The quantitative estimate of drug-likeness (QED) is 0.497. The predicted molar refractivity (Wildman–Crippen MR) is 81.8 cm³/mol. The molecule has 4 amide bonds. The van der Waals surface area contributed by atoms with Crippen LogP contribution in [0.2, 0.25) is 0 Å². The Labute approximate surface area is 168 Å². The number of rotatable bonds is 0. The van der Waals surface area contributed by atoms with E-state index in [4.69, 9.17) is 0 Å². The van der Waals surface area contributed by atoms with E-state index in [0.29, 0.717) is 33.0 Å². The van der Waals surface area contributed by atoms with Gasteiger partial charge in [0.1, 0.15) is 0 Å². The van der Waals surface area contributed by atoms with Gasteiger partial charge < -0.3 is 0 Å². The number of carbonyl (C=O) groups is 4. The maximum atomic E-state index is 11.9. The van der Waals surface area contributed by atoms with E-state index in [2.05, 4.69) is 10.6 Å². The standard InChI is InChI=1S/C14H6N2O4.2Na.2H/c17-11-5-1-2-6-10-8(14(20)16-12(6)18)4-3-7(9(5)10)13(19)15-11;;;;/h1-4H,(H,15,17,19)(H,16,18,20);;;;. The first-order chi connectivity index (χ1) is 9.58. The van der Waals surface area contributed by atoms with Gasteiger partial charge in [-0.05, 0) is 24.3 Å². The molecule has 2 aliphatic heterocycles. The Kier molecular flexibility index (Phi) is 4.64. The fraction of sp³-hybridized carbons (Fsp3) is 0. The second-order valence-corrected chi connectivity index (χ2v) is 4.64. The molecule has 2 aliphatic rings. The molecule has 0 spiro atoms. The normalized spacial score (nSPS) is 14.7. The first kappa shape index (κ1) is 17.3. The molecular formula is C14H8N2Na2O4. The van der Waals surface area contributed by atoms with Crippen LogP contribution < -0.4 is 10.6 Å². The number of amides is 4. The summed E-state index contributed by atoms with van der Waals surface area (Å²) in [4.78, 5) is 47.4. The van der Waals surface area contributed by atoms with Gasteiger partial charge in [0.2, 0.25) is 0 Å². The first-order valence-corrected chi connectivity index (χ1v) is 5.89. The van der Waals surface area contributed by atoms with Crippen LogP contribution in [0.5, 0.6) is 0 Å². The van der Waals surface area contributed by atoms with Gasteiger partial charge in [0.05, 0.1) is 0 Å². The molecule has 2 heterocycles. The summed E-state index contributed by atoms with van der Waals surface area (Å²) in [6.07, 6.45) is 0. The van der Waals surface area contributed by atoms with E-state index in [9.17, 15) is 19.2 Å². The van der Waals surface area contributed by atoms with E-state index in [-0.39, 0.29) is 59.1 Å². The zero-order chi connectivity index (χ0) is 14.0. The van der Waals surface area contributed by atoms with Crippen LogP contribution in [-0.2, 0) is 0 Å². The Balaban J connectivity index is 0.000000882. The summed E-state index contributed by atoms with van der Waals surface area (Å²) >= 11 is 0. The van der Waals surface area contributed by atoms with Crippen molar-refractivity contribution in [1.29, 1.82) is 0 Å². The van der Waals surface area contributed by atoms with Gasteiger partial charge in [-0.25, -0.2) is 0 Å². The average molecular weight is 314 g/mol. The molecule has 0 aliphatic carbocycles. The van der Waals surface area contributed by atoms with Gasteiger partial charge in [0, 0.05) is 33.0 Å². The van der Waals surface area contributed by atoms with Crippen molar-refractivity contribution >= 4 is 93.5 Å². The van der Waals surface area contributed by atoms with Gasteiger partial charge in [0.25, 0.3) is 23.6 Å². The van der Waals surface area contributed by atoms with Gasteiger partial charge in [-0.3, -0.25) is 29.8 Å². The average Bonchev–Trinajstić information content (AvgIpc) is 2.42. The Morgan fingerprint density at radius 1 is 0.500 bits per heavy atom. The van der Waals surface area contributed by atoms with Crippen molar-refractivity contribution in [3.05, 3.63) is 46.5 Å². The summed E-state index contributed by atoms with van der Waals surface area (Å²) < 4.78 is 0. The van der Waals surface area contributed by atoms with Crippen LogP contribution in [0.25, 0.3) is 10.8 Å². The monoisotopic (exact) mass is 314 g/mol. The van der Waals surface area contributed by atoms with Crippen LogP contribution in [0.1, 0.15) is 41.4 Å². The van der Waals surface area contributed by atoms with E-state index in [1.165, 1.54) is 24.3 Å². The van der Waals surface area contributed by atoms with Gasteiger partial charge >= 0.3 is 59.1 Å². The zero-order valence-corrected chi connectivity index (χ0v) is 9.94. The Hall–Kier alpha value is -1.02. The van der Waals surface area contributed by atoms with Crippen molar-refractivity contribution in [3.8, 4) is 0 Å². The van der Waals surface area contributed by atoms with Gasteiger partial charge in [0.15, 0.2) is 0 Å². The number of hydrogen-bond acceptors (Lipinski definition) is 4. The van der Waals surface area contributed by atoms with E-state index >= 15 is 0 Å². The number of nitrogens with one attached hydrogen (secondary N) is 2. The van der Waals surface area contributed by atoms with Crippen LogP contribution in [0.15, 0.2) is 24.3 Å². The molecule has 6 nitrogen and oxygen atoms in total. The van der Waals surface area contributed by atoms with Crippen LogP contribution in [-0.4, -0.2) is 82.7 Å². The van der Waals surface area contributed by atoms with Crippen LogP contribution >= 0.6 is 0 Å². The van der Waals surface area contributed by atoms with Crippen molar-refractivity contribution < 1.29 is 19.2 Å². The van der Waals surface area contributed by atoms with Crippen molar-refractivity contribution in [2.75, 3.05) is 0 Å². The maximum absolute atomic E-state index is 11.9. The summed E-state index contributed by atoms with van der Waals surface area (Å²) in [6.45, 7) is 0. The van der Waals surface area contributed by atoms with Crippen molar-refractivity contribution in [2.24, 2.45) is 0 Å². The molecule has 0 saturated heterocycles. The van der Waals surface area contributed by atoms with Gasteiger partial charge in [-0.1, -0.05) is 0 Å². The van der Waals surface area contributed by atoms with E-state index in [1.807, 2.05) is 0 Å². The second kappa shape index (κ2) is 5.88. The summed E-state index contributed by atoms with van der Waals surface area (Å²) in [5, 5.41) is 5.20. The molecule has 0 bridgehead atoms. The fourth-order valence-corrected chi connectivity index (χ4v) is 2.73. The molecule has 2 aromatic carbocycles. The third kappa shape index (κ3) is 2.19. The van der Waals surface area contributed by atoms with Crippen molar-refractivity contribution in [2.45, 2.75) is 0 Å². The molecule has 0 atom stereocenters. The predicted octanol–water partition coefficient (Wildman–Crippen LogP) is -0.690. The summed E-state index contributed by atoms with van der Waals surface area (Å²) in [5.41, 5.74) is 1.18. The molecule has 2 aromatic rings. The van der Waals surface area contributed by atoms with Crippen molar-refractivity contribution in [3.63, 3.8) is 0 Å². The third-order valence-electron chi connectivity index (χ3n) is 3.59. The van der Waals surface area contributed by atoms with Crippen molar-refractivity contribution in [1.82, 2.24) is 10.6 Å². The summed E-state index contributed by atoms with van der Waals surface area (Å²) in [6, 6.07) is 5.95. The van der Waals surface area contributed by atoms with Gasteiger partial charge in [-0.15, -0.1) is 0 Å². The molecule has 22 heavy (non-hydrogen) atoms. The molecule has 2 N–H and O–H groups in total. The molecule has 0 aromatic heterocycles. The molecule has 4 rings (SSSR count). The molecule has 8 heteroatoms. The molecule has 0 unspecified atom stereocenters.